The van der Waals surface area contributed by atoms with Crippen LogP contribution in [-0.4, -0.2) is 41.0 Å². The van der Waals surface area contributed by atoms with E-state index >= 15 is 0 Å². The molecule has 0 bridgehead atoms. The van der Waals surface area contributed by atoms with E-state index in [0.29, 0.717) is 17.1 Å². The monoisotopic (exact) mass is 364 g/mol. The topological polar surface area (TPSA) is 62.5 Å². The minimum absolute atomic E-state index is 0.00548. The van der Waals surface area contributed by atoms with E-state index in [1.807, 2.05) is 6.92 Å². The summed E-state index contributed by atoms with van der Waals surface area (Å²) in [6, 6.07) is 6.25. The zero-order valence-electron chi connectivity index (χ0n) is 13.8. The summed E-state index contributed by atoms with van der Waals surface area (Å²) >= 11 is 6.09. The van der Waals surface area contributed by atoms with Gasteiger partial charge in [0.1, 0.15) is 17.8 Å². The third-order valence-corrected chi connectivity index (χ3v) is 4.72. The molecule has 1 fully saturated rings. The number of anilines is 1. The average molecular weight is 365 g/mol. The second-order valence-corrected chi connectivity index (χ2v) is 6.46. The Hall–Kier alpha value is -2.25. The largest absolute Gasteiger partial charge is 0.354 e. The lowest BCUT2D eigenvalue weighted by molar-refractivity contribution is -0.385. The van der Waals surface area contributed by atoms with Gasteiger partial charge < -0.3 is 4.90 Å². The molecule has 132 valence electrons. The highest BCUT2D eigenvalue weighted by Crippen LogP contribution is 2.24. The Bertz CT molecular complexity index is 774. The van der Waals surface area contributed by atoms with Crippen molar-refractivity contribution in [3.63, 3.8) is 0 Å². The van der Waals surface area contributed by atoms with Crippen LogP contribution in [0.25, 0.3) is 0 Å². The molecular weight excluding hydrogens is 347 g/mol. The molecule has 1 aliphatic rings. The van der Waals surface area contributed by atoms with Crippen LogP contribution in [0.2, 0.25) is 5.02 Å². The molecular formula is C17H18ClFN4O2. The molecule has 25 heavy (non-hydrogen) atoms. The van der Waals surface area contributed by atoms with E-state index in [2.05, 4.69) is 14.8 Å². The summed E-state index contributed by atoms with van der Waals surface area (Å²) in [6.45, 7) is 5.20. The molecule has 2 heterocycles. The number of nitrogens with zero attached hydrogens (tertiary/aromatic N) is 4. The highest BCUT2D eigenvalue weighted by Gasteiger charge is 2.22. The molecule has 0 radical (unpaired) electrons. The smallest absolute Gasteiger partial charge is 0.287 e. The second kappa shape index (κ2) is 7.33. The summed E-state index contributed by atoms with van der Waals surface area (Å²) in [6.07, 6.45) is 1.29. The van der Waals surface area contributed by atoms with Gasteiger partial charge in [0.05, 0.1) is 4.92 Å². The lowest BCUT2D eigenvalue weighted by Crippen LogP contribution is -2.46. The van der Waals surface area contributed by atoms with Crippen LogP contribution in [0.15, 0.2) is 30.5 Å². The standard InChI is InChI=1S/C17H18ClFN4O2/c1-12-9-13(23(24)25)10-20-17(12)22-7-5-21(6-8-22)11-14-15(18)3-2-4-16(14)19/h2-4,9-10H,5-8,11H2,1H3. The van der Waals surface area contributed by atoms with E-state index in [1.54, 1.807) is 12.1 Å². The summed E-state index contributed by atoms with van der Waals surface area (Å²) in [5, 5.41) is 11.3. The number of hydrogen-bond donors (Lipinski definition) is 0. The zero-order chi connectivity index (χ0) is 18.0. The van der Waals surface area contributed by atoms with E-state index in [-0.39, 0.29) is 11.5 Å². The SMILES string of the molecule is Cc1cc([N+](=O)[O-])cnc1N1CCN(Cc2c(F)cccc2Cl)CC1. The molecule has 3 rings (SSSR count). The maximum absolute atomic E-state index is 13.9. The van der Waals surface area contributed by atoms with Crippen molar-refractivity contribution in [1.29, 1.82) is 0 Å². The summed E-state index contributed by atoms with van der Waals surface area (Å²) in [5.41, 5.74) is 1.29. The predicted octanol–water partition coefficient (Wildman–Crippen LogP) is 3.41. The van der Waals surface area contributed by atoms with Gasteiger partial charge in [-0.3, -0.25) is 15.0 Å². The van der Waals surface area contributed by atoms with E-state index in [0.717, 1.165) is 37.6 Å². The number of halogens is 2. The molecule has 1 aliphatic heterocycles. The lowest BCUT2D eigenvalue weighted by Gasteiger charge is -2.36. The van der Waals surface area contributed by atoms with Gasteiger partial charge in [-0.2, -0.15) is 0 Å². The molecule has 0 unspecified atom stereocenters. The highest BCUT2D eigenvalue weighted by molar-refractivity contribution is 6.31. The van der Waals surface area contributed by atoms with Gasteiger partial charge >= 0.3 is 0 Å². The Labute approximate surface area is 150 Å². The highest BCUT2D eigenvalue weighted by atomic mass is 35.5. The Kier molecular flexibility index (Phi) is 5.15. The fourth-order valence-corrected chi connectivity index (χ4v) is 3.23. The second-order valence-electron chi connectivity index (χ2n) is 6.05. The number of pyridine rings is 1. The van der Waals surface area contributed by atoms with Crippen molar-refractivity contribution in [3.8, 4) is 0 Å². The molecule has 0 amide bonds. The first-order valence-corrected chi connectivity index (χ1v) is 8.34. The van der Waals surface area contributed by atoms with Crippen molar-refractivity contribution < 1.29 is 9.31 Å². The van der Waals surface area contributed by atoms with E-state index < -0.39 is 4.92 Å². The van der Waals surface area contributed by atoms with Crippen molar-refractivity contribution in [2.24, 2.45) is 0 Å². The van der Waals surface area contributed by atoms with Crippen molar-refractivity contribution >= 4 is 23.1 Å². The summed E-state index contributed by atoms with van der Waals surface area (Å²) < 4.78 is 13.9. The molecule has 1 aromatic heterocycles. The van der Waals surface area contributed by atoms with Crippen LogP contribution in [0.3, 0.4) is 0 Å². The maximum Gasteiger partial charge on any atom is 0.287 e. The molecule has 1 saturated heterocycles. The lowest BCUT2D eigenvalue weighted by atomic mass is 10.1. The maximum atomic E-state index is 13.9. The van der Waals surface area contributed by atoms with Gasteiger partial charge in [-0.1, -0.05) is 17.7 Å². The van der Waals surface area contributed by atoms with Crippen LogP contribution < -0.4 is 4.90 Å². The predicted molar refractivity (Wildman–Crippen MR) is 94.5 cm³/mol. The van der Waals surface area contributed by atoms with Crippen LogP contribution in [0.5, 0.6) is 0 Å². The van der Waals surface area contributed by atoms with Crippen LogP contribution in [-0.2, 0) is 6.54 Å². The van der Waals surface area contributed by atoms with Crippen molar-refractivity contribution in [1.82, 2.24) is 9.88 Å². The molecule has 6 nitrogen and oxygen atoms in total. The molecule has 0 atom stereocenters. The van der Waals surface area contributed by atoms with Gasteiger partial charge in [-0.25, -0.2) is 9.37 Å². The van der Waals surface area contributed by atoms with Gasteiger partial charge in [0.2, 0.25) is 0 Å². The molecule has 2 aromatic rings. The Morgan fingerprint density at radius 3 is 2.64 bits per heavy atom. The summed E-state index contributed by atoms with van der Waals surface area (Å²) in [4.78, 5) is 18.9. The van der Waals surface area contributed by atoms with Crippen molar-refractivity contribution in [3.05, 3.63) is 62.5 Å². The van der Waals surface area contributed by atoms with E-state index in [9.17, 15) is 14.5 Å². The van der Waals surface area contributed by atoms with Gasteiger partial charge in [-0.05, 0) is 24.6 Å². The minimum Gasteiger partial charge on any atom is -0.354 e. The number of nitro groups is 1. The number of aryl methyl sites for hydroxylation is 1. The minimum atomic E-state index is -0.445. The number of hydrogen-bond acceptors (Lipinski definition) is 5. The number of benzene rings is 1. The van der Waals surface area contributed by atoms with Gasteiger partial charge in [0, 0.05) is 49.4 Å². The summed E-state index contributed by atoms with van der Waals surface area (Å²) in [5.74, 6) is 0.469. The summed E-state index contributed by atoms with van der Waals surface area (Å²) in [7, 11) is 0. The Morgan fingerprint density at radius 2 is 2.04 bits per heavy atom. The van der Waals surface area contributed by atoms with Gasteiger partial charge in [-0.15, -0.1) is 0 Å². The molecule has 0 aliphatic carbocycles. The number of piperazine rings is 1. The molecule has 0 spiro atoms. The Morgan fingerprint density at radius 1 is 1.32 bits per heavy atom. The first-order valence-electron chi connectivity index (χ1n) is 7.97. The first-order chi connectivity index (χ1) is 12.0. The Balaban J connectivity index is 1.65. The van der Waals surface area contributed by atoms with Crippen LogP contribution >= 0.6 is 11.6 Å². The average Bonchev–Trinajstić information content (AvgIpc) is 2.59. The van der Waals surface area contributed by atoms with Gasteiger partial charge in [0.15, 0.2) is 0 Å². The van der Waals surface area contributed by atoms with E-state index in [4.69, 9.17) is 11.6 Å². The molecule has 1 aromatic carbocycles. The molecule has 8 heteroatoms. The third kappa shape index (κ3) is 3.88. The number of rotatable bonds is 4. The van der Waals surface area contributed by atoms with Gasteiger partial charge in [0.25, 0.3) is 5.69 Å². The number of aromatic nitrogens is 1. The third-order valence-electron chi connectivity index (χ3n) is 4.36. The zero-order valence-corrected chi connectivity index (χ0v) is 14.5. The first kappa shape index (κ1) is 17.6. The van der Waals surface area contributed by atoms with E-state index in [1.165, 1.54) is 18.3 Å². The normalized spacial score (nSPS) is 15.4. The fraction of sp³-hybridized carbons (Fsp3) is 0.353. The van der Waals surface area contributed by atoms with Crippen molar-refractivity contribution in [2.75, 3.05) is 31.1 Å². The fourth-order valence-electron chi connectivity index (χ4n) is 3.01. The molecule has 0 saturated carbocycles. The van der Waals surface area contributed by atoms with Crippen LogP contribution in [0.4, 0.5) is 15.9 Å². The quantitative estimate of drug-likeness (QED) is 0.614. The van der Waals surface area contributed by atoms with Crippen LogP contribution in [0.1, 0.15) is 11.1 Å². The van der Waals surface area contributed by atoms with Crippen LogP contribution in [0, 0.1) is 22.9 Å². The molecule has 0 N–H and O–H groups in total. The van der Waals surface area contributed by atoms with Crippen molar-refractivity contribution in [2.45, 2.75) is 13.5 Å².